The number of nitrogens with one attached hydrogen (secondary N) is 1. The number of benzene rings is 1. The van der Waals surface area contributed by atoms with E-state index in [1.54, 1.807) is 32.4 Å². The van der Waals surface area contributed by atoms with Crippen LogP contribution in [-0.4, -0.2) is 94.1 Å². The highest BCUT2D eigenvalue weighted by atomic mass is 16.6. The average molecular weight is 534 g/mol. The van der Waals surface area contributed by atoms with Gasteiger partial charge in [-0.1, -0.05) is 13.8 Å². The summed E-state index contributed by atoms with van der Waals surface area (Å²) < 4.78 is 22.0. The van der Waals surface area contributed by atoms with Gasteiger partial charge in [0.25, 0.3) is 5.91 Å². The highest BCUT2D eigenvalue weighted by Gasteiger charge is 2.39. The SMILES string of the molecule is COCCCOc1cc(C(=O)N(C[C@H]2CNC[C@H]2CN(C(=O)OCC(C)C)C2CC2)C(C)C)ccc1OC. The number of nitrogens with zero attached hydrogens (tertiary/aromatic N) is 2. The zero-order valence-corrected chi connectivity index (χ0v) is 24.0. The van der Waals surface area contributed by atoms with Crippen LogP contribution in [0.5, 0.6) is 11.5 Å². The standard InChI is InChI=1S/C29H47N3O6/c1-20(2)19-38-29(34)32(25-9-10-25)18-24-16-30-15-23(24)17-31(21(3)4)28(33)22-8-11-26(36-6)27(14-22)37-13-7-12-35-5/h8,11,14,20-21,23-25,30H,7,9-10,12-13,15-19H2,1-6H3/t23-,24+/m1/s1. The van der Waals surface area contributed by atoms with Gasteiger partial charge < -0.3 is 34.1 Å². The van der Waals surface area contributed by atoms with Gasteiger partial charge in [0.05, 0.1) is 20.3 Å². The van der Waals surface area contributed by atoms with E-state index in [-0.39, 0.29) is 35.9 Å². The molecule has 2 fully saturated rings. The molecule has 2 amide bonds. The molecule has 1 saturated heterocycles. The van der Waals surface area contributed by atoms with E-state index < -0.39 is 0 Å². The Hall–Kier alpha value is -2.52. The Morgan fingerprint density at radius 1 is 1.00 bits per heavy atom. The molecular weight excluding hydrogens is 486 g/mol. The molecule has 9 nitrogen and oxygen atoms in total. The predicted octanol–water partition coefficient (Wildman–Crippen LogP) is 4.05. The van der Waals surface area contributed by atoms with Crippen LogP contribution in [0.15, 0.2) is 18.2 Å². The Kier molecular flexibility index (Phi) is 11.5. The van der Waals surface area contributed by atoms with Gasteiger partial charge in [-0.2, -0.15) is 0 Å². The summed E-state index contributed by atoms with van der Waals surface area (Å²) in [6, 6.07) is 5.65. The van der Waals surface area contributed by atoms with Gasteiger partial charge in [-0.15, -0.1) is 0 Å². The first-order chi connectivity index (χ1) is 18.2. The molecule has 1 aliphatic heterocycles. The monoisotopic (exact) mass is 533 g/mol. The van der Waals surface area contributed by atoms with Crippen LogP contribution >= 0.6 is 0 Å². The Labute approximate surface area is 228 Å². The molecule has 1 N–H and O–H groups in total. The number of rotatable bonds is 15. The first-order valence-corrected chi connectivity index (χ1v) is 14.0. The highest BCUT2D eigenvalue weighted by molar-refractivity contribution is 5.95. The summed E-state index contributed by atoms with van der Waals surface area (Å²) in [5.74, 6) is 1.92. The average Bonchev–Trinajstić information content (AvgIpc) is 3.64. The lowest BCUT2D eigenvalue weighted by atomic mass is 9.94. The van der Waals surface area contributed by atoms with Crippen molar-refractivity contribution in [2.24, 2.45) is 17.8 Å². The zero-order valence-electron chi connectivity index (χ0n) is 24.0. The third-order valence-electron chi connectivity index (χ3n) is 7.15. The Morgan fingerprint density at radius 2 is 1.71 bits per heavy atom. The molecule has 0 aromatic heterocycles. The molecule has 214 valence electrons. The van der Waals surface area contributed by atoms with Crippen molar-refractivity contribution in [3.8, 4) is 11.5 Å². The molecule has 1 aromatic rings. The number of hydrogen-bond donors (Lipinski definition) is 1. The second-order valence-electron chi connectivity index (χ2n) is 11.1. The van der Waals surface area contributed by atoms with Gasteiger partial charge in [0.2, 0.25) is 0 Å². The third kappa shape index (κ3) is 8.50. The van der Waals surface area contributed by atoms with E-state index in [1.165, 1.54) is 0 Å². The number of hydrogen-bond acceptors (Lipinski definition) is 7. The fourth-order valence-corrected chi connectivity index (χ4v) is 4.80. The van der Waals surface area contributed by atoms with Crippen LogP contribution in [0.3, 0.4) is 0 Å². The second kappa shape index (κ2) is 14.6. The lowest BCUT2D eigenvalue weighted by Crippen LogP contribution is -2.45. The number of amides is 2. The Morgan fingerprint density at radius 3 is 2.32 bits per heavy atom. The molecule has 9 heteroatoms. The molecule has 1 heterocycles. The van der Waals surface area contributed by atoms with Gasteiger partial charge in [0.15, 0.2) is 11.5 Å². The van der Waals surface area contributed by atoms with E-state index in [9.17, 15) is 9.59 Å². The summed E-state index contributed by atoms with van der Waals surface area (Å²) in [5.41, 5.74) is 0.570. The van der Waals surface area contributed by atoms with Gasteiger partial charge in [0.1, 0.15) is 0 Å². The molecule has 2 atom stereocenters. The predicted molar refractivity (Wildman–Crippen MR) is 147 cm³/mol. The summed E-state index contributed by atoms with van der Waals surface area (Å²) in [7, 11) is 3.25. The molecule has 2 aliphatic rings. The van der Waals surface area contributed by atoms with Crippen molar-refractivity contribution in [1.82, 2.24) is 15.1 Å². The first kappa shape index (κ1) is 30.0. The van der Waals surface area contributed by atoms with E-state index in [4.69, 9.17) is 18.9 Å². The first-order valence-electron chi connectivity index (χ1n) is 14.0. The molecule has 1 aliphatic carbocycles. The number of methoxy groups -OCH3 is 2. The van der Waals surface area contributed by atoms with E-state index in [0.717, 1.165) is 32.4 Å². The van der Waals surface area contributed by atoms with Gasteiger partial charge >= 0.3 is 6.09 Å². The van der Waals surface area contributed by atoms with Crippen LogP contribution in [0.2, 0.25) is 0 Å². The third-order valence-corrected chi connectivity index (χ3v) is 7.15. The summed E-state index contributed by atoms with van der Waals surface area (Å²) in [6.45, 7) is 12.6. The van der Waals surface area contributed by atoms with Crippen molar-refractivity contribution >= 4 is 12.0 Å². The van der Waals surface area contributed by atoms with Gasteiger partial charge in [-0.25, -0.2) is 4.79 Å². The molecule has 0 unspecified atom stereocenters. The molecule has 3 rings (SSSR count). The molecule has 0 radical (unpaired) electrons. The maximum atomic E-state index is 13.7. The molecule has 0 spiro atoms. The minimum absolute atomic E-state index is 0.0208. The molecule has 1 saturated carbocycles. The van der Waals surface area contributed by atoms with Gasteiger partial charge in [-0.05, 0) is 62.6 Å². The fourth-order valence-electron chi connectivity index (χ4n) is 4.80. The molecular formula is C29H47N3O6. The van der Waals surface area contributed by atoms with Gasteiger partial charge in [-0.3, -0.25) is 4.79 Å². The van der Waals surface area contributed by atoms with Crippen molar-refractivity contribution in [3.05, 3.63) is 23.8 Å². The summed E-state index contributed by atoms with van der Waals surface area (Å²) in [6.07, 6.45) is 2.60. The normalized spacial score (nSPS) is 19.1. The van der Waals surface area contributed by atoms with Crippen molar-refractivity contribution in [2.75, 3.05) is 60.2 Å². The van der Waals surface area contributed by atoms with Crippen LogP contribution < -0.4 is 14.8 Å². The lowest BCUT2D eigenvalue weighted by Gasteiger charge is -2.33. The van der Waals surface area contributed by atoms with E-state index in [0.29, 0.717) is 55.9 Å². The van der Waals surface area contributed by atoms with Crippen molar-refractivity contribution in [3.63, 3.8) is 0 Å². The zero-order chi connectivity index (χ0) is 27.7. The fraction of sp³-hybridized carbons (Fsp3) is 0.724. The van der Waals surface area contributed by atoms with E-state index >= 15 is 0 Å². The second-order valence-corrected chi connectivity index (χ2v) is 11.1. The minimum atomic E-state index is -0.208. The van der Waals surface area contributed by atoms with Crippen molar-refractivity contribution in [2.45, 2.75) is 59.0 Å². The number of carbonyl (C=O) groups is 2. The molecule has 0 bridgehead atoms. The van der Waals surface area contributed by atoms with Crippen LogP contribution in [0.1, 0.15) is 57.3 Å². The topological polar surface area (TPSA) is 89.6 Å². The van der Waals surface area contributed by atoms with Crippen LogP contribution in [-0.2, 0) is 9.47 Å². The maximum Gasteiger partial charge on any atom is 0.410 e. The lowest BCUT2D eigenvalue weighted by molar-refractivity contribution is 0.0623. The largest absolute Gasteiger partial charge is 0.493 e. The highest BCUT2D eigenvalue weighted by Crippen LogP contribution is 2.32. The van der Waals surface area contributed by atoms with Crippen LogP contribution in [0.4, 0.5) is 4.79 Å². The van der Waals surface area contributed by atoms with Crippen LogP contribution in [0.25, 0.3) is 0 Å². The summed E-state index contributed by atoms with van der Waals surface area (Å²) >= 11 is 0. The quantitative estimate of drug-likeness (QED) is 0.340. The number of carbonyl (C=O) groups excluding carboxylic acids is 2. The minimum Gasteiger partial charge on any atom is -0.493 e. The molecule has 1 aromatic carbocycles. The van der Waals surface area contributed by atoms with Crippen molar-refractivity contribution < 1.29 is 28.5 Å². The smallest absolute Gasteiger partial charge is 0.410 e. The molecule has 38 heavy (non-hydrogen) atoms. The Balaban J connectivity index is 1.68. The van der Waals surface area contributed by atoms with Crippen LogP contribution in [0, 0.1) is 17.8 Å². The summed E-state index contributed by atoms with van der Waals surface area (Å²) in [4.78, 5) is 30.4. The summed E-state index contributed by atoms with van der Waals surface area (Å²) in [5, 5.41) is 3.49. The van der Waals surface area contributed by atoms with Gasteiger partial charge in [0, 0.05) is 64.0 Å². The van der Waals surface area contributed by atoms with Crippen molar-refractivity contribution in [1.29, 1.82) is 0 Å². The Bertz CT molecular complexity index is 904. The van der Waals surface area contributed by atoms with E-state index in [2.05, 4.69) is 5.32 Å². The van der Waals surface area contributed by atoms with E-state index in [1.807, 2.05) is 37.5 Å². The maximum absolute atomic E-state index is 13.7. The number of ether oxygens (including phenoxy) is 4.